The van der Waals surface area contributed by atoms with E-state index in [1.165, 1.54) is 0 Å². The number of carbonyl (C=O) groups excluding carboxylic acids is 1. The topological polar surface area (TPSA) is 58.9 Å². The van der Waals surface area contributed by atoms with Gasteiger partial charge in [-0.05, 0) is 6.92 Å². The molecule has 1 atom stereocenters. The van der Waals surface area contributed by atoms with E-state index in [0.717, 1.165) is 5.56 Å². The van der Waals surface area contributed by atoms with E-state index in [2.05, 4.69) is 4.99 Å². The minimum absolute atomic E-state index is 0.0655. The Kier molecular flexibility index (Phi) is 2.95. The van der Waals surface area contributed by atoms with Crippen LogP contribution in [0.15, 0.2) is 46.7 Å². The smallest absolute Gasteiger partial charge is 0.344 e. The number of cyclic esters (lactones) is 1. The van der Waals surface area contributed by atoms with Gasteiger partial charge < -0.3 is 9.84 Å². The number of aliphatic hydroxyl groups is 1. The van der Waals surface area contributed by atoms with Gasteiger partial charge in [0, 0.05) is 18.3 Å². The van der Waals surface area contributed by atoms with Gasteiger partial charge in [-0.1, -0.05) is 30.3 Å². The highest BCUT2D eigenvalue weighted by Gasteiger charge is 2.36. The number of carbonyl (C=O) groups is 1. The summed E-state index contributed by atoms with van der Waals surface area (Å²) in [5, 5.41) is 10.0. The Hall–Kier alpha value is -2.10. The molecule has 1 aromatic rings. The summed E-state index contributed by atoms with van der Waals surface area (Å²) in [6.45, 7) is 1.67. The molecule has 0 saturated heterocycles. The van der Waals surface area contributed by atoms with Crippen LogP contribution in [0.5, 0.6) is 0 Å². The predicted octanol–water partition coefficient (Wildman–Crippen LogP) is 2.19. The van der Waals surface area contributed by atoms with Crippen LogP contribution in [0.1, 0.15) is 18.6 Å². The van der Waals surface area contributed by atoms with Gasteiger partial charge in [-0.2, -0.15) is 0 Å². The molecule has 88 valence electrons. The van der Waals surface area contributed by atoms with Crippen LogP contribution in [-0.2, 0) is 9.53 Å². The van der Waals surface area contributed by atoms with Crippen molar-refractivity contribution in [2.75, 3.05) is 7.05 Å². The molecule has 0 aliphatic carbocycles. The fourth-order valence-electron chi connectivity index (χ4n) is 1.76. The number of ether oxygens (including phenoxy) is 1. The Morgan fingerprint density at radius 3 is 2.59 bits per heavy atom. The molecule has 1 unspecified atom stereocenters. The Morgan fingerprint density at radius 2 is 2.00 bits per heavy atom. The van der Waals surface area contributed by atoms with Gasteiger partial charge >= 0.3 is 5.97 Å². The molecule has 4 heteroatoms. The number of rotatable bonds is 2. The van der Waals surface area contributed by atoms with Crippen LogP contribution in [0.3, 0.4) is 0 Å². The van der Waals surface area contributed by atoms with Gasteiger partial charge in [0.2, 0.25) is 0 Å². The largest absolute Gasteiger partial charge is 0.507 e. The maximum Gasteiger partial charge on any atom is 0.344 e. The molecule has 0 saturated carbocycles. The highest BCUT2D eigenvalue weighted by atomic mass is 16.6. The molecule has 1 aliphatic heterocycles. The van der Waals surface area contributed by atoms with E-state index in [9.17, 15) is 9.90 Å². The lowest BCUT2D eigenvalue weighted by atomic mass is 10.0. The average Bonchev–Trinajstić information content (AvgIpc) is 2.65. The Morgan fingerprint density at radius 1 is 1.35 bits per heavy atom. The van der Waals surface area contributed by atoms with Gasteiger partial charge in [-0.3, -0.25) is 4.99 Å². The van der Waals surface area contributed by atoms with Crippen LogP contribution in [0.2, 0.25) is 0 Å². The summed E-state index contributed by atoms with van der Waals surface area (Å²) in [5.74, 6) is -0.594. The second kappa shape index (κ2) is 4.41. The summed E-state index contributed by atoms with van der Waals surface area (Å²) < 4.78 is 5.15. The van der Waals surface area contributed by atoms with E-state index in [1.807, 2.05) is 18.2 Å². The standard InChI is InChI=1S/C13H13NO3/c1-8(14-2)10-11(15)12(17-13(10)16)9-6-4-3-5-7-9/h3-7,12,15H,1-2H3. The first kappa shape index (κ1) is 11.4. The number of benzene rings is 1. The highest BCUT2D eigenvalue weighted by Crippen LogP contribution is 2.33. The molecule has 1 N–H and O–H groups in total. The zero-order chi connectivity index (χ0) is 12.4. The third-order valence-electron chi connectivity index (χ3n) is 2.73. The maximum atomic E-state index is 11.6. The van der Waals surface area contributed by atoms with Crippen molar-refractivity contribution in [1.29, 1.82) is 0 Å². The summed E-state index contributed by atoms with van der Waals surface area (Å²) in [7, 11) is 1.57. The molecule has 0 aromatic heterocycles. The molecule has 1 heterocycles. The third-order valence-corrected chi connectivity index (χ3v) is 2.73. The van der Waals surface area contributed by atoms with Crippen LogP contribution in [0.25, 0.3) is 0 Å². The highest BCUT2D eigenvalue weighted by molar-refractivity contribution is 6.20. The van der Waals surface area contributed by atoms with Gasteiger partial charge in [-0.25, -0.2) is 4.79 Å². The summed E-state index contributed by atoms with van der Waals surface area (Å²) in [4.78, 5) is 15.5. The molecule has 4 nitrogen and oxygen atoms in total. The van der Waals surface area contributed by atoms with Crippen LogP contribution in [0.4, 0.5) is 0 Å². The molecule has 2 rings (SSSR count). The van der Waals surface area contributed by atoms with Gasteiger partial charge in [0.25, 0.3) is 0 Å². The number of esters is 1. The van der Waals surface area contributed by atoms with Gasteiger partial charge in [0.15, 0.2) is 11.9 Å². The summed E-state index contributed by atoms with van der Waals surface area (Å²) in [6.07, 6.45) is -0.713. The Labute approximate surface area is 99.3 Å². The first-order chi connectivity index (χ1) is 8.15. The van der Waals surface area contributed by atoms with E-state index in [0.29, 0.717) is 5.71 Å². The molecule has 0 bridgehead atoms. The zero-order valence-electron chi connectivity index (χ0n) is 9.68. The average molecular weight is 231 g/mol. The Balaban J connectivity index is 2.42. The predicted molar refractivity (Wildman–Crippen MR) is 64.0 cm³/mol. The van der Waals surface area contributed by atoms with Crippen molar-refractivity contribution in [3.63, 3.8) is 0 Å². The lowest BCUT2D eigenvalue weighted by Crippen LogP contribution is -2.07. The summed E-state index contributed by atoms with van der Waals surface area (Å²) in [6, 6.07) is 9.12. The molecule has 0 spiro atoms. The van der Waals surface area contributed by atoms with Crippen molar-refractivity contribution in [3.8, 4) is 0 Å². The van der Waals surface area contributed by atoms with Crippen molar-refractivity contribution in [1.82, 2.24) is 0 Å². The first-order valence-corrected chi connectivity index (χ1v) is 5.28. The molecule has 0 amide bonds. The number of hydrogen-bond donors (Lipinski definition) is 1. The molecule has 1 aromatic carbocycles. The monoisotopic (exact) mass is 231 g/mol. The third kappa shape index (κ3) is 1.93. The lowest BCUT2D eigenvalue weighted by molar-refractivity contribution is -0.140. The molecule has 17 heavy (non-hydrogen) atoms. The number of nitrogens with zero attached hydrogens (tertiary/aromatic N) is 1. The maximum absolute atomic E-state index is 11.6. The van der Waals surface area contributed by atoms with Gasteiger partial charge in [-0.15, -0.1) is 0 Å². The first-order valence-electron chi connectivity index (χ1n) is 5.28. The van der Waals surface area contributed by atoms with E-state index in [1.54, 1.807) is 26.1 Å². The molecular formula is C13H13NO3. The van der Waals surface area contributed by atoms with Crippen molar-refractivity contribution in [3.05, 3.63) is 47.2 Å². The SMILES string of the molecule is CN=C(C)C1=C(O)C(c2ccccc2)OC1=O. The fraction of sp³-hybridized carbons (Fsp3) is 0.231. The quantitative estimate of drug-likeness (QED) is 0.627. The minimum atomic E-state index is -0.713. The van der Waals surface area contributed by atoms with Crippen LogP contribution < -0.4 is 0 Å². The normalized spacial score (nSPS) is 20.7. The summed E-state index contributed by atoms with van der Waals surface area (Å²) in [5.41, 5.74) is 1.39. The zero-order valence-corrected chi connectivity index (χ0v) is 9.68. The van der Waals surface area contributed by atoms with Crippen LogP contribution >= 0.6 is 0 Å². The fourth-order valence-corrected chi connectivity index (χ4v) is 1.76. The van der Waals surface area contributed by atoms with E-state index in [-0.39, 0.29) is 11.3 Å². The second-order valence-electron chi connectivity index (χ2n) is 3.77. The number of aliphatic imine (C=N–C) groups is 1. The van der Waals surface area contributed by atoms with Gasteiger partial charge in [0.05, 0.1) is 0 Å². The number of aliphatic hydroxyl groups excluding tert-OH is 1. The van der Waals surface area contributed by atoms with Gasteiger partial charge in [0.1, 0.15) is 5.57 Å². The van der Waals surface area contributed by atoms with Crippen molar-refractivity contribution in [2.45, 2.75) is 13.0 Å². The van der Waals surface area contributed by atoms with Crippen LogP contribution in [0, 0.1) is 0 Å². The molecule has 0 radical (unpaired) electrons. The van der Waals surface area contributed by atoms with E-state index >= 15 is 0 Å². The van der Waals surface area contributed by atoms with Crippen molar-refractivity contribution < 1.29 is 14.6 Å². The second-order valence-corrected chi connectivity index (χ2v) is 3.77. The Bertz CT molecular complexity index is 503. The summed E-state index contributed by atoms with van der Waals surface area (Å²) >= 11 is 0. The van der Waals surface area contributed by atoms with Crippen molar-refractivity contribution in [2.24, 2.45) is 4.99 Å². The molecule has 1 aliphatic rings. The van der Waals surface area contributed by atoms with Crippen LogP contribution in [-0.4, -0.2) is 23.8 Å². The minimum Gasteiger partial charge on any atom is -0.507 e. The molecule has 0 fully saturated rings. The lowest BCUT2D eigenvalue weighted by Gasteiger charge is -2.09. The van der Waals surface area contributed by atoms with Crippen molar-refractivity contribution >= 4 is 11.7 Å². The number of hydrogen-bond acceptors (Lipinski definition) is 4. The van der Waals surface area contributed by atoms with E-state index in [4.69, 9.17) is 4.74 Å². The van der Waals surface area contributed by atoms with E-state index < -0.39 is 12.1 Å². The molecular weight excluding hydrogens is 218 g/mol.